The number of carbonyl (C=O) groups excluding carboxylic acids is 1. The highest BCUT2D eigenvalue weighted by Crippen LogP contribution is 2.54. The summed E-state index contributed by atoms with van der Waals surface area (Å²) < 4.78 is 128. The first-order valence-corrected chi connectivity index (χ1v) is 15.8. The number of alkyl halides is 9. The lowest BCUT2D eigenvalue weighted by Gasteiger charge is -2.33. The summed E-state index contributed by atoms with van der Waals surface area (Å²) in [4.78, 5) is 12.7. The highest BCUT2D eigenvalue weighted by atomic mass is 19.4. The number of benzene rings is 2. The van der Waals surface area contributed by atoms with E-state index in [9.17, 15) is 44.3 Å². The lowest BCUT2D eigenvalue weighted by molar-refractivity contribution is -0.396. The van der Waals surface area contributed by atoms with Gasteiger partial charge in [0, 0.05) is 17.5 Å². The minimum absolute atomic E-state index is 0.0918. The van der Waals surface area contributed by atoms with Crippen molar-refractivity contribution in [2.45, 2.75) is 115 Å². The fourth-order valence-corrected chi connectivity index (χ4v) is 5.23. The van der Waals surface area contributed by atoms with Gasteiger partial charge in [0.15, 0.2) is 0 Å². The van der Waals surface area contributed by atoms with E-state index in [0.717, 1.165) is 48.8 Å². The number of rotatable bonds is 15. The van der Waals surface area contributed by atoms with E-state index in [2.05, 4.69) is 18.8 Å². The van der Waals surface area contributed by atoms with E-state index in [4.69, 9.17) is 9.47 Å². The molecule has 0 radical (unpaired) electrons. The first kappa shape index (κ1) is 38.1. The number of halogens is 9. The van der Waals surface area contributed by atoms with Gasteiger partial charge in [-0.05, 0) is 99.4 Å². The lowest BCUT2D eigenvalue weighted by Crippen LogP contribution is -2.60. The molecule has 2 atom stereocenters. The Labute approximate surface area is 269 Å². The molecule has 1 unspecified atom stereocenters. The highest BCUT2D eigenvalue weighted by molar-refractivity contribution is 5.73. The molecular formula is C35H39F9O3. The van der Waals surface area contributed by atoms with Gasteiger partial charge in [-0.3, -0.25) is 4.79 Å². The second-order valence-corrected chi connectivity index (χ2v) is 12.0. The Kier molecular flexibility index (Phi) is 13.1. The molecule has 2 aromatic carbocycles. The topological polar surface area (TPSA) is 35.5 Å². The zero-order valence-corrected chi connectivity index (χ0v) is 26.3. The van der Waals surface area contributed by atoms with Crippen LogP contribution < -0.4 is 4.74 Å². The van der Waals surface area contributed by atoms with Crippen molar-refractivity contribution in [1.29, 1.82) is 0 Å². The summed E-state index contributed by atoms with van der Waals surface area (Å²) in [5.74, 6) is -13.0. The molecule has 3 rings (SSSR count). The molecule has 0 N–H and O–H groups in total. The van der Waals surface area contributed by atoms with E-state index in [1.54, 1.807) is 12.1 Å². The lowest BCUT2D eigenvalue weighted by atomic mass is 9.83. The fourth-order valence-electron chi connectivity index (χ4n) is 5.23. The molecule has 0 fully saturated rings. The summed E-state index contributed by atoms with van der Waals surface area (Å²) in [6, 6.07) is 12.2. The van der Waals surface area contributed by atoms with Crippen LogP contribution in [0.25, 0.3) is 0 Å². The van der Waals surface area contributed by atoms with Crippen LogP contribution in [0.5, 0.6) is 5.75 Å². The highest BCUT2D eigenvalue weighted by Gasteiger charge is 2.81. The van der Waals surface area contributed by atoms with Gasteiger partial charge in [0.2, 0.25) is 0 Å². The van der Waals surface area contributed by atoms with E-state index >= 15 is 0 Å². The van der Waals surface area contributed by atoms with Gasteiger partial charge in [0.25, 0.3) is 0 Å². The zero-order chi connectivity index (χ0) is 34.9. The molecule has 3 nitrogen and oxygen atoms in total. The van der Waals surface area contributed by atoms with Crippen LogP contribution in [0.3, 0.4) is 0 Å². The van der Waals surface area contributed by atoms with E-state index in [-0.39, 0.29) is 31.0 Å². The molecule has 0 saturated heterocycles. The molecule has 2 aromatic rings. The quantitative estimate of drug-likeness (QED) is 0.0814. The van der Waals surface area contributed by atoms with Gasteiger partial charge < -0.3 is 9.47 Å². The Morgan fingerprint density at radius 1 is 0.830 bits per heavy atom. The number of carbonyl (C=O) groups is 1. The van der Waals surface area contributed by atoms with Crippen LogP contribution in [0.2, 0.25) is 0 Å². The Balaban J connectivity index is 1.45. The van der Waals surface area contributed by atoms with E-state index in [1.165, 1.54) is 18.6 Å². The molecule has 1 aliphatic rings. The van der Waals surface area contributed by atoms with Crippen molar-refractivity contribution in [2.24, 2.45) is 5.92 Å². The molecule has 1 aliphatic carbocycles. The number of hydrogen-bond donors (Lipinski definition) is 0. The third-order valence-corrected chi connectivity index (χ3v) is 8.12. The number of hydrogen-bond acceptors (Lipinski definition) is 3. The summed E-state index contributed by atoms with van der Waals surface area (Å²) in [7, 11) is 0. The molecule has 0 bridgehead atoms. The maximum atomic E-state index is 13.6. The number of esters is 1. The number of unbranched alkanes of at least 4 members (excludes halogenated alkanes) is 4. The van der Waals surface area contributed by atoms with Crippen molar-refractivity contribution in [3.63, 3.8) is 0 Å². The Morgan fingerprint density at radius 3 is 2.15 bits per heavy atom. The van der Waals surface area contributed by atoms with Crippen LogP contribution in [-0.2, 0) is 22.4 Å². The smallest absolute Gasteiger partial charge is 0.460 e. The minimum Gasteiger partial charge on any atom is -0.494 e. The van der Waals surface area contributed by atoms with Gasteiger partial charge in [-0.15, -0.1) is 0 Å². The summed E-state index contributed by atoms with van der Waals surface area (Å²) in [6.45, 7) is 3.84. The van der Waals surface area contributed by atoms with Crippen LogP contribution in [0.1, 0.15) is 93.9 Å². The van der Waals surface area contributed by atoms with Gasteiger partial charge >= 0.3 is 29.9 Å². The molecule has 260 valence electrons. The van der Waals surface area contributed by atoms with Crippen molar-refractivity contribution in [1.82, 2.24) is 0 Å². The average Bonchev–Trinajstić information content (AvgIpc) is 3.01. The molecule has 0 heterocycles. The van der Waals surface area contributed by atoms with Crippen LogP contribution in [-0.4, -0.2) is 42.6 Å². The molecule has 0 saturated carbocycles. The number of fused-ring (bicyclic) bond motifs is 1. The number of aryl methyl sites for hydroxylation is 1. The first-order chi connectivity index (χ1) is 22.0. The maximum Gasteiger partial charge on any atom is 0.460 e. The summed E-state index contributed by atoms with van der Waals surface area (Å²) >= 11 is 0. The van der Waals surface area contributed by atoms with Crippen molar-refractivity contribution >= 4 is 5.97 Å². The third kappa shape index (κ3) is 10.1. The predicted octanol–water partition coefficient (Wildman–Crippen LogP) is 10.1. The predicted molar refractivity (Wildman–Crippen MR) is 159 cm³/mol. The summed E-state index contributed by atoms with van der Waals surface area (Å²) in [6.07, 6.45) is -2.39. The Morgan fingerprint density at radius 2 is 1.49 bits per heavy atom. The molecule has 12 heteroatoms. The van der Waals surface area contributed by atoms with Crippen molar-refractivity contribution in [2.75, 3.05) is 6.61 Å². The van der Waals surface area contributed by atoms with Crippen LogP contribution >= 0.6 is 0 Å². The van der Waals surface area contributed by atoms with Crippen LogP contribution in [0, 0.1) is 17.8 Å². The fraction of sp³-hybridized carbons (Fsp3) is 0.571. The van der Waals surface area contributed by atoms with Gasteiger partial charge in [0.05, 0.1) is 18.6 Å². The van der Waals surface area contributed by atoms with Crippen LogP contribution in [0.4, 0.5) is 39.5 Å². The SMILES string of the molecule is CCCCCC[C@H](C)OC(=O)C1CCc2cc(C#Cc3ccc(OCCCCC(F)(F)C(F)(F)C(F)(F)C(F)(F)F)cc3)ccc2C1. The standard InChI is InChI=1S/C35H39F9O3/c1-3-4-5-6-9-24(2)47-31(45)29-17-16-27-22-26(12-15-28(27)23-29)11-10-25-13-18-30(19-14-25)46-21-8-7-20-32(36,37)33(38,39)34(40,41)35(42,43)44/h12-15,18-19,22,24,29H,3-9,16-17,20-21,23H2,1-2H3/t24-,29?/m0/s1. The Bertz CT molecular complexity index is 1380. The molecule has 0 aromatic heterocycles. The second kappa shape index (κ2) is 16.2. The van der Waals surface area contributed by atoms with Crippen molar-refractivity contribution in [3.05, 3.63) is 64.7 Å². The molecule has 0 amide bonds. The van der Waals surface area contributed by atoms with Crippen LogP contribution in [0.15, 0.2) is 42.5 Å². The third-order valence-electron chi connectivity index (χ3n) is 8.12. The van der Waals surface area contributed by atoms with Crippen molar-refractivity contribution < 1.29 is 53.8 Å². The largest absolute Gasteiger partial charge is 0.494 e. The monoisotopic (exact) mass is 678 g/mol. The molecular weight excluding hydrogens is 639 g/mol. The molecule has 47 heavy (non-hydrogen) atoms. The average molecular weight is 679 g/mol. The normalized spacial score (nSPS) is 16.1. The van der Waals surface area contributed by atoms with Gasteiger partial charge in [-0.2, -0.15) is 39.5 Å². The van der Waals surface area contributed by atoms with E-state index < -0.39 is 36.8 Å². The Hall–Kier alpha value is -3.36. The van der Waals surface area contributed by atoms with Gasteiger partial charge in [-0.1, -0.05) is 44.1 Å². The summed E-state index contributed by atoms with van der Waals surface area (Å²) in [5, 5.41) is 0. The van der Waals surface area contributed by atoms with Crippen molar-refractivity contribution in [3.8, 4) is 17.6 Å². The minimum atomic E-state index is -6.88. The second-order valence-electron chi connectivity index (χ2n) is 12.0. The van der Waals surface area contributed by atoms with E-state index in [1.807, 2.05) is 25.1 Å². The van der Waals surface area contributed by atoms with E-state index in [0.29, 0.717) is 24.2 Å². The molecule has 0 aliphatic heterocycles. The first-order valence-electron chi connectivity index (χ1n) is 15.8. The summed E-state index contributed by atoms with van der Waals surface area (Å²) in [5.41, 5.74) is 3.65. The maximum absolute atomic E-state index is 13.6. The number of ether oxygens (including phenoxy) is 2. The van der Waals surface area contributed by atoms with Gasteiger partial charge in [0.1, 0.15) is 5.75 Å². The van der Waals surface area contributed by atoms with Gasteiger partial charge in [-0.25, -0.2) is 0 Å². The zero-order valence-electron chi connectivity index (χ0n) is 26.3. The molecule has 0 spiro atoms.